The van der Waals surface area contributed by atoms with Crippen LogP contribution < -0.4 is 15.5 Å². The maximum absolute atomic E-state index is 12.5. The van der Waals surface area contributed by atoms with E-state index in [0.29, 0.717) is 21.9 Å². The van der Waals surface area contributed by atoms with Gasteiger partial charge in [0.1, 0.15) is 11.5 Å². The summed E-state index contributed by atoms with van der Waals surface area (Å²) < 4.78 is 6.61. The zero-order valence-corrected chi connectivity index (χ0v) is 15.9. The average molecular weight is 404 g/mol. The molecule has 3 aromatic carbocycles. The monoisotopic (exact) mass is 404 g/mol. The Morgan fingerprint density at radius 3 is 2.28 bits per heavy atom. The number of hydroxylamine groups is 1. The molecule has 2 amide bonds. The van der Waals surface area contributed by atoms with E-state index >= 15 is 0 Å². The summed E-state index contributed by atoms with van der Waals surface area (Å²) in [4.78, 5) is 24.5. The lowest BCUT2D eigenvalue weighted by atomic mass is 10.2. The molecule has 0 atom stereocenters. The quantitative estimate of drug-likeness (QED) is 0.320. The number of thiophene rings is 1. The number of nitrogens with one attached hydrogen (secondary N) is 2. The Balaban J connectivity index is 1.46. The highest BCUT2D eigenvalue weighted by molar-refractivity contribution is 7.20. The minimum atomic E-state index is -0.561. The van der Waals surface area contributed by atoms with Crippen LogP contribution in [-0.4, -0.2) is 17.0 Å². The topological polar surface area (TPSA) is 87.7 Å². The highest BCUT2D eigenvalue weighted by Crippen LogP contribution is 2.28. The van der Waals surface area contributed by atoms with Gasteiger partial charge in [0.15, 0.2) is 0 Å². The Morgan fingerprint density at radius 1 is 0.828 bits per heavy atom. The normalized spacial score (nSPS) is 10.5. The van der Waals surface area contributed by atoms with Crippen LogP contribution in [0.3, 0.4) is 0 Å². The minimum Gasteiger partial charge on any atom is -0.457 e. The molecule has 144 valence electrons. The Labute approximate surface area is 170 Å². The number of carbonyl (C=O) groups is 2. The predicted octanol–water partition coefficient (Wildman–Crippen LogP) is 5.06. The first-order chi connectivity index (χ1) is 14.1. The third kappa shape index (κ3) is 4.26. The van der Waals surface area contributed by atoms with Crippen molar-refractivity contribution in [3.63, 3.8) is 0 Å². The van der Waals surface area contributed by atoms with E-state index in [1.807, 2.05) is 36.4 Å². The molecule has 0 radical (unpaired) electrons. The van der Waals surface area contributed by atoms with E-state index in [1.165, 1.54) is 11.3 Å². The molecule has 29 heavy (non-hydrogen) atoms. The van der Waals surface area contributed by atoms with Crippen molar-refractivity contribution in [2.75, 3.05) is 5.32 Å². The number of amides is 2. The van der Waals surface area contributed by atoms with E-state index in [0.717, 1.165) is 15.8 Å². The summed E-state index contributed by atoms with van der Waals surface area (Å²) in [5.74, 6) is 0.555. The maximum Gasteiger partial charge on any atom is 0.284 e. The molecular formula is C22H16N2O4S. The van der Waals surface area contributed by atoms with Gasteiger partial charge in [-0.3, -0.25) is 14.8 Å². The van der Waals surface area contributed by atoms with Gasteiger partial charge < -0.3 is 10.1 Å². The summed E-state index contributed by atoms with van der Waals surface area (Å²) in [6.45, 7) is 0. The number of hydrogen-bond donors (Lipinski definition) is 3. The molecule has 0 unspecified atom stereocenters. The second kappa shape index (κ2) is 8.14. The smallest absolute Gasteiger partial charge is 0.284 e. The molecule has 0 bridgehead atoms. The first-order valence-corrected chi connectivity index (χ1v) is 9.56. The SMILES string of the molecule is O=C(Nc1ccc2sc(C(=O)NO)cc2c1)c1ccc(Oc2ccccc2)cc1. The number of ether oxygens (including phenoxy) is 1. The van der Waals surface area contributed by atoms with Crippen molar-refractivity contribution in [1.29, 1.82) is 0 Å². The largest absolute Gasteiger partial charge is 0.457 e. The van der Waals surface area contributed by atoms with Gasteiger partial charge in [0.05, 0.1) is 4.88 Å². The van der Waals surface area contributed by atoms with Crippen LogP contribution >= 0.6 is 11.3 Å². The van der Waals surface area contributed by atoms with Gasteiger partial charge in [0.2, 0.25) is 0 Å². The fourth-order valence-electron chi connectivity index (χ4n) is 2.79. The summed E-state index contributed by atoms with van der Waals surface area (Å²) in [5.41, 5.74) is 2.73. The fraction of sp³-hybridized carbons (Fsp3) is 0. The predicted molar refractivity (Wildman–Crippen MR) is 112 cm³/mol. The third-order valence-corrected chi connectivity index (χ3v) is 5.31. The molecule has 1 aromatic heterocycles. The molecule has 3 N–H and O–H groups in total. The van der Waals surface area contributed by atoms with Crippen molar-refractivity contribution in [1.82, 2.24) is 5.48 Å². The average Bonchev–Trinajstić information content (AvgIpc) is 3.18. The summed E-state index contributed by atoms with van der Waals surface area (Å²) in [6, 6.07) is 23.3. The lowest BCUT2D eigenvalue weighted by molar-refractivity contribution is 0.0711. The van der Waals surface area contributed by atoms with Crippen LogP contribution in [0.5, 0.6) is 11.5 Å². The molecule has 0 saturated heterocycles. The molecule has 4 aromatic rings. The summed E-state index contributed by atoms with van der Waals surface area (Å²) in [5, 5.41) is 12.4. The number of rotatable bonds is 5. The fourth-order valence-corrected chi connectivity index (χ4v) is 3.72. The number of carbonyl (C=O) groups excluding carboxylic acids is 2. The Bertz CT molecular complexity index is 1170. The standard InChI is InChI=1S/C22H16N2O4S/c25-21(14-6-9-18(10-7-14)28-17-4-2-1-3-5-17)23-16-8-11-19-15(12-16)13-20(29-19)22(26)24-27/h1-13,27H,(H,23,25)(H,24,26). The first-order valence-electron chi connectivity index (χ1n) is 8.75. The zero-order valence-electron chi connectivity index (χ0n) is 15.1. The van der Waals surface area contributed by atoms with E-state index in [1.54, 1.807) is 47.9 Å². The number of hydrogen-bond acceptors (Lipinski definition) is 5. The minimum absolute atomic E-state index is 0.251. The van der Waals surface area contributed by atoms with E-state index in [2.05, 4.69) is 5.32 Å². The van der Waals surface area contributed by atoms with Crippen molar-refractivity contribution in [3.05, 3.63) is 89.3 Å². The summed E-state index contributed by atoms with van der Waals surface area (Å²) in [6.07, 6.45) is 0. The number of para-hydroxylation sites is 1. The maximum atomic E-state index is 12.5. The van der Waals surface area contributed by atoms with Crippen LogP contribution in [0.15, 0.2) is 78.9 Å². The Kier molecular flexibility index (Phi) is 5.24. The van der Waals surface area contributed by atoms with Gasteiger partial charge in [0, 0.05) is 16.0 Å². The summed E-state index contributed by atoms with van der Waals surface area (Å²) >= 11 is 1.26. The molecular weight excluding hydrogens is 388 g/mol. The number of benzene rings is 3. The van der Waals surface area contributed by atoms with Gasteiger partial charge in [-0.2, -0.15) is 0 Å². The van der Waals surface area contributed by atoms with Crippen molar-refractivity contribution in [3.8, 4) is 11.5 Å². The van der Waals surface area contributed by atoms with Gasteiger partial charge in [-0.05, 0) is 66.0 Å². The Hall–Kier alpha value is -3.68. The van der Waals surface area contributed by atoms with Gasteiger partial charge in [-0.1, -0.05) is 18.2 Å². The number of fused-ring (bicyclic) bond motifs is 1. The van der Waals surface area contributed by atoms with Crippen molar-refractivity contribution in [2.45, 2.75) is 0 Å². The van der Waals surface area contributed by atoms with Crippen molar-refractivity contribution < 1.29 is 19.5 Å². The van der Waals surface area contributed by atoms with Crippen LogP contribution in [0, 0.1) is 0 Å². The molecule has 7 heteroatoms. The van der Waals surface area contributed by atoms with Crippen LogP contribution in [-0.2, 0) is 0 Å². The molecule has 0 saturated carbocycles. The lowest BCUT2D eigenvalue weighted by Crippen LogP contribution is -2.16. The van der Waals surface area contributed by atoms with Crippen LogP contribution in [0.1, 0.15) is 20.0 Å². The third-order valence-electron chi connectivity index (χ3n) is 4.19. The van der Waals surface area contributed by atoms with Crippen LogP contribution in [0.25, 0.3) is 10.1 Å². The molecule has 0 aliphatic rings. The molecule has 0 aliphatic carbocycles. The molecule has 4 rings (SSSR count). The molecule has 0 aliphatic heterocycles. The molecule has 0 fully saturated rings. The van der Waals surface area contributed by atoms with Gasteiger partial charge in [-0.25, -0.2) is 5.48 Å². The molecule has 1 heterocycles. The van der Waals surface area contributed by atoms with E-state index in [4.69, 9.17) is 9.94 Å². The first kappa shape index (κ1) is 18.7. The van der Waals surface area contributed by atoms with E-state index in [9.17, 15) is 9.59 Å². The zero-order chi connectivity index (χ0) is 20.2. The molecule has 6 nitrogen and oxygen atoms in total. The van der Waals surface area contributed by atoms with Crippen LogP contribution in [0.4, 0.5) is 5.69 Å². The van der Waals surface area contributed by atoms with Crippen molar-refractivity contribution in [2.24, 2.45) is 0 Å². The number of anilines is 1. The van der Waals surface area contributed by atoms with Crippen LogP contribution in [0.2, 0.25) is 0 Å². The van der Waals surface area contributed by atoms with Gasteiger partial charge >= 0.3 is 0 Å². The van der Waals surface area contributed by atoms with E-state index < -0.39 is 5.91 Å². The molecule has 0 spiro atoms. The highest BCUT2D eigenvalue weighted by Gasteiger charge is 2.11. The van der Waals surface area contributed by atoms with Gasteiger partial charge in [0.25, 0.3) is 11.8 Å². The van der Waals surface area contributed by atoms with E-state index in [-0.39, 0.29) is 5.91 Å². The summed E-state index contributed by atoms with van der Waals surface area (Å²) in [7, 11) is 0. The van der Waals surface area contributed by atoms with Crippen molar-refractivity contribution >= 4 is 38.9 Å². The Morgan fingerprint density at radius 2 is 1.55 bits per heavy atom. The van der Waals surface area contributed by atoms with Gasteiger partial charge in [-0.15, -0.1) is 11.3 Å². The second-order valence-corrected chi connectivity index (χ2v) is 7.28. The second-order valence-electron chi connectivity index (χ2n) is 6.20. The lowest BCUT2D eigenvalue weighted by Gasteiger charge is -2.08. The highest BCUT2D eigenvalue weighted by atomic mass is 32.1.